The lowest BCUT2D eigenvalue weighted by Crippen LogP contribution is -2.42. The molecule has 2 aliphatic rings. The third-order valence-corrected chi connectivity index (χ3v) is 4.97. The summed E-state index contributed by atoms with van der Waals surface area (Å²) >= 11 is 1.82. The molecule has 1 N–H and O–H groups in total. The Balaban J connectivity index is 1.79. The first-order valence-corrected chi connectivity index (χ1v) is 7.23. The summed E-state index contributed by atoms with van der Waals surface area (Å²) in [4.78, 5) is 16.0. The SMILES string of the molecule is CC1c2ccsc2CCN1C(=O)C1CCNC1. The van der Waals surface area contributed by atoms with Gasteiger partial charge in [-0.25, -0.2) is 0 Å². The molecule has 1 aromatic rings. The minimum atomic E-state index is 0.206. The van der Waals surface area contributed by atoms with E-state index in [4.69, 9.17) is 0 Å². The fraction of sp³-hybridized carbons (Fsp3) is 0.615. The molecule has 1 aromatic heterocycles. The number of nitrogens with zero attached hydrogens (tertiary/aromatic N) is 1. The predicted octanol–water partition coefficient (Wildman–Crippen LogP) is 1.80. The highest BCUT2D eigenvalue weighted by Crippen LogP contribution is 2.34. The van der Waals surface area contributed by atoms with E-state index in [2.05, 4.69) is 28.6 Å². The van der Waals surface area contributed by atoms with Crippen molar-refractivity contribution in [3.63, 3.8) is 0 Å². The smallest absolute Gasteiger partial charge is 0.227 e. The van der Waals surface area contributed by atoms with Crippen LogP contribution in [0.1, 0.15) is 29.8 Å². The van der Waals surface area contributed by atoms with E-state index in [1.54, 1.807) is 0 Å². The largest absolute Gasteiger partial charge is 0.335 e. The van der Waals surface area contributed by atoms with Crippen LogP contribution in [0.4, 0.5) is 0 Å². The summed E-state index contributed by atoms with van der Waals surface area (Å²) in [6.07, 6.45) is 2.03. The summed E-state index contributed by atoms with van der Waals surface area (Å²) in [5, 5.41) is 5.42. The monoisotopic (exact) mass is 250 g/mol. The van der Waals surface area contributed by atoms with Crippen molar-refractivity contribution in [1.82, 2.24) is 10.2 Å². The van der Waals surface area contributed by atoms with Crippen molar-refractivity contribution in [3.8, 4) is 0 Å². The normalized spacial score (nSPS) is 28.2. The molecule has 0 bridgehead atoms. The van der Waals surface area contributed by atoms with E-state index in [1.807, 2.05) is 11.3 Å². The molecule has 17 heavy (non-hydrogen) atoms. The molecule has 0 saturated carbocycles. The Bertz CT molecular complexity index is 423. The van der Waals surface area contributed by atoms with Crippen molar-refractivity contribution in [2.75, 3.05) is 19.6 Å². The molecule has 1 saturated heterocycles. The van der Waals surface area contributed by atoms with Crippen molar-refractivity contribution in [2.24, 2.45) is 5.92 Å². The Morgan fingerprint density at radius 1 is 1.59 bits per heavy atom. The summed E-state index contributed by atoms with van der Waals surface area (Å²) < 4.78 is 0. The number of fused-ring (bicyclic) bond motifs is 1. The lowest BCUT2D eigenvalue weighted by Gasteiger charge is -2.35. The fourth-order valence-corrected chi connectivity index (χ4v) is 3.87. The van der Waals surface area contributed by atoms with Crippen LogP contribution in [0.5, 0.6) is 0 Å². The molecule has 1 amide bonds. The third-order valence-electron chi connectivity index (χ3n) is 3.97. The Morgan fingerprint density at radius 2 is 2.47 bits per heavy atom. The van der Waals surface area contributed by atoms with Gasteiger partial charge in [-0.05, 0) is 43.3 Å². The summed E-state index contributed by atoms with van der Waals surface area (Å²) in [7, 11) is 0. The number of carbonyl (C=O) groups is 1. The van der Waals surface area contributed by atoms with Gasteiger partial charge >= 0.3 is 0 Å². The molecule has 3 rings (SSSR count). The second-order valence-electron chi connectivity index (χ2n) is 4.95. The maximum atomic E-state index is 12.4. The molecule has 92 valence electrons. The first kappa shape index (κ1) is 11.2. The Labute approximate surface area is 106 Å². The average Bonchev–Trinajstić information content (AvgIpc) is 3.00. The molecular weight excluding hydrogens is 232 g/mol. The number of hydrogen-bond acceptors (Lipinski definition) is 3. The zero-order chi connectivity index (χ0) is 11.8. The topological polar surface area (TPSA) is 32.3 Å². The summed E-state index contributed by atoms with van der Waals surface area (Å²) in [6.45, 7) is 4.90. The number of carbonyl (C=O) groups excluding carboxylic acids is 1. The van der Waals surface area contributed by atoms with Crippen LogP contribution in [-0.2, 0) is 11.2 Å². The lowest BCUT2D eigenvalue weighted by atomic mass is 9.98. The Kier molecular flexibility index (Phi) is 2.92. The van der Waals surface area contributed by atoms with Crippen LogP contribution < -0.4 is 5.32 Å². The fourth-order valence-electron chi connectivity index (χ4n) is 2.91. The van der Waals surface area contributed by atoms with Gasteiger partial charge in [-0.2, -0.15) is 0 Å². The minimum absolute atomic E-state index is 0.206. The highest BCUT2D eigenvalue weighted by atomic mass is 32.1. The first-order valence-electron chi connectivity index (χ1n) is 6.35. The molecule has 2 unspecified atom stereocenters. The van der Waals surface area contributed by atoms with Crippen molar-refractivity contribution in [1.29, 1.82) is 0 Å². The molecular formula is C13H18N2OS. The zero-order valence-corrected chi connectivity index (χ0v) is 10.9. The second kappa shape index (κ2) is 4.42. The maximum absolute atomic E-state index is 12.4. The molecule has 2 aliphatic heterocycles. The maximum Gasteiger partial charge on any atom is 0.227 e. The third kappa shape index (κ3) is 1.89. The van der Waals surface area contributed by atoms with Crippen LogP contribution in [0.2, 0.25) is 0 Å². The van der Waals surface area contributed by atoms with Crippen molar-refractivity contribution in [3.05, 3.63) is 21.9 Å². The van der Waals surface area contributed by atoms with Gasteiger partial charge in [-0.15, -0.1) is 11.3 Å². The summed E-state index contributed by atoms with van der Waals surface area (Å²) in [5.41, 5.74) is 1.36. The van der Waals surface area contributed by atoms with Gasteiger partial charge in [0.25, 0.3) is 0 Å². The quantitative estimate of drug-likeness (QED) is 0.824. The van der Waals surface area contributed by atoms with E-state index in [9.17, 15) is 4.79 Å². The molecule has 3 heterocycles. The predicted molar refractivity (Wildman–Crippen MR) is 69.1 cm³/mol. The van der Waals surface area contributed by atoms with E-state index < -0.39 is 0 Å². The van der Waals surface area contributed by atoms with Gasteiger partial charge in [-0.1, -0.05) is 0 Å². The van der Waals surface area contributed by atoms with E-state index in [1.165, 1.54) is 10.4 Å². The van der Waals surface area contributed by atoms with Crippen LogP contribution in [0.25, 0.3) is 0 Å². The van der Waals surface area contributed by atoms with Crippen LogP contribution in [-0.4, -0.2) is 30.4 Å². The molecule has 1 fully saturated rings. The molecule has 0 radical (unpaired) electrons. The van der Waals surface area contributed by atoms with E-state index in [0.29, 0.717) is 5.91 Å². The average molecular weight is 250 g/mol. The van der Waals surface area contributed by atoms with Gasteiger partial charge in [0.05, 0.1) is 12.0 Å². The van der Waals surface area contributed by atoms with Crippen molar-refractivity contribution in [2.45, 2.75) is 25.8 Å². The first-order chi connectivity index (χ1) is 8.27. The molecule has 4 heteroatoms. The van der Waals surface area contributed by atoms with Gasteiger partial charge in [-0.3, -0.25) is 4.79 Å². The number of amides is 1. The molecule has 3 nitrogen and oxygen atoms in total. The van der Waals surface area contributed by atoms with E-state index >= 15 is 0 Å². The van der Waals surface area contributed by atoms with Gasteiger partial charge in [0.15, 0.2) is 0 Å². The molecule has 0 spiro atoms. The Morgan fingerprint density at radius 3 is 3.24 bits per heavy atom. The summed E-state index contributed by atoms with van der Waals surface area (Å²) in [6, 6.07) is 2.44. The van der Waals surface area contributed by atoms with Gasteiger partial charge in [0, 0.05) is 18.0 Å². The molecule has 0 aliphatic carbocycles. The number of rotatable bonds is 1. The van der Waals surface area contributed by atoms with Crippen molar-refractivity contribution >= 4 is 17.2 Å². The Hall–Kier alpha value is -0.870. The van der Waals surface area contributed by atoms with Crippen molar-refractivity contribution < 1.29 is 4.79 Å². The molecule has 2 atom stereocenters. The number of nitrogens with one attached hydrogen (secondary N) is 1. The highest BCUT2D eigenvalue weighted by Gasteiger charge is 2.33. The lowest BCUT2D eigenvalue weighted by molar-refractivity contribution is -0.137. The van der Waals surface area contributed by atoms with Gasteiger partial charge in [0.2, 0.25) is 5.91 Å². The van der Waals surface area contributed by atoms with Gasteiger partial charge < -0.3 is 10.2 Å². The minimum Gasteiger partial charge on any atom is -0.335 e. The standard InChI is InChI=1S/C13H18N2OS/c1-9-11-4-7-17-12(11)3-6-15(9)13(16)10-2-5-14-8-10/h4,7,9-10,14H,2-3,5-6,8H2,1H3. The van der Waals surface area contributed by atoms with Crippen LogP contribution in [0.3, 0.4) is 0 Å². The zero-order valence-electron chi connectivity index (χ0n) is 10.1. The number of hydrogen-bond donors (Lipinski definition) is 1. The number of thiophene rings is 1. The van der Waals surface area contributed by atoms with Crippen LogP contribution >= 0.6 is 11.3 Å². The van der Waals surface area contributed by atoms with Gasteiger partial charge in [0.1, 0.15) is 0 Å². The summed E-state index contributed by atoms with van der Waals surface area (Å²) in [5.74, 6) is 0.553. The highest BCUT2D eigenvalue weighted by molar-refractivity contribution is 7.10. The van der Waals surface area contributed by atoms with Crippen LogP contribution in [0.15, 0.2) is 11.4 Å². The van der Waals surface area contributed by atoms with Crippen LogP contribution in [0, 0.1) is 5.92 Å². The molecule has 0 aromatic carbocycles. The van der Waals surface area contributed by atoms with E-state index in [-0.39, 0.29) is 12.0 Å². The second-order valence-corrected chi connectivity index (χ2v) is 5.95. The van der Waals surface area contributed by atoms with E-state index in [0.717, 1.165) is 32.5 Å².